The third kappa shape index (κ3) is 3.13. The Hall–Kier alpha value is -2.30. The molecule has 0 saturated carbocycles. The highest BCUT2D eigenvalue weighted by atomic mass is 16.5. The van der Waals surface area contributed by atoms with Crippen LogP contribution in [0.25, 0.3) is 0 Å². The molecule has 0 fully saturated rings. The van der Waals surface area contributed by atoms with Crippen molar-refractivity contribution >= 4 is 5.69 Å². The van der Waals surface area contributed by atoms with Gasteiger partial charge in [-0.2, -0.15) is 0 Å². The van der Waals surface area contributed by atoms with Crippen molar-refractivity contribution in [2.75, 3.05) is 19.0 Å². The van der Waals surface area contributed by atoms with Gasteiger partial charge in [0.05, 0.1) is 12.2 Å². The number of aromatic nitrogens is 2. The van der Waals surface area contributed by atoms with Crippen LogP contribution in [0.1, 0.15) is 12.5 Å². The van der Waals surface area contributed by atoms with Crippen molar-refractivity contribution in [3.05, 3.63) is 36.2 Å². The summed E-state index contributed by atoms with van der Waals surface area (Å²) >= 11 is 0. The first-order chi connectivity index (χ1) is 9.24. The SMILES string of the molecule is CCOc1ncnc(Oc2ccc(NC)cc2)c1C. The van der Waals surface area contributed by atoms with Gasteiger partial charge < -0.3 is 14.8 Å². The highest BCUT2D eigenvalue weighted by Crippen LogP contribution is 2.27. The third-order valence-corrected chi connectivity index (χ3v) is 2.63. The fourth-order valence-electron chi connectivity index (χ4n) is 1.61. The number of benzene rings is 1. The molecule has 5 nitrogen and oxygen atoms in total. The Morgan fingerprint density at radius 1 is 1.11 bits per heavy atom. The van der Waals surface area contributed by atoms with E-state index in [0.717, 1.165) is 17.0 Å². The maximum absolute atomic E-state index is 5.74. The lowest BCUT2D eigenvalue weighted by molar-refractivity contribution is 0.319. The lowest BCUT2D eigenvalue weighted by atomic mass is 10.3. The molecule has 0 saturated heterocycles. The highest BCUT2D eigenvalue weighted by molar-refractivity contribution is 5.46. The molecule has 0 aliphatic carbocycles. The van der Waals surface area contributed by atoms with Gasteiger partial charge in [-0.25, -0.2) is 9.97 Å². The second kappa shape index (κ2) is 6.04. The molecule has 0 atom stereocenters. The van der Waals surface area contributed by atoms with Crippen LogP contribution >= 0.6 is 0 Å². The molecular weight excluding hydrogens is 242 g/mol. The van der Waals surface area contributed by atoms with Crippen LogP contribution in [-0.4, -0.2) is 23.6 Å². The smallest absolute Gasteiger partial charge is 0.229 e. The van der Waals surface area contributed by atoms with E-state index in [1.807, 2.05) is 45.2 Å². The van der Waals surface area contributed by atoms with Gasteiger partial charge in [0.2, 0.25) is 11.8 Å². The van der Waals surface area contributed by atoms with Crippen LogP contribution in [0.2, 0.25) is 0 Å². The first kappa shape index (κ1) is 13.1. The molecule has 0 amide bonds. The van der Waals surface area contributed by atoms with E-state index in [9.17, 15) is 0 Å². The Kier molecular flexibility index (Phi) is 4.18. The Balaban J connectivity index is 2.20. The molecule has 1 aromatic heterocycles. The van der Waals surface area contributed by atoms with E-state index in [1.165, 1.54) is 6.33 Å². The second-order valence-corrected chi connectivity index (χ2v) is 3.92. The summed E-state index contributed by atoms with van der Waals surface area (Å²) < 4.78 is 11.1. The van der Waals surface area contributed by atoms with Crippen molar-refractivity contribution in [1.82, 2.24) is 9.97 Å². The zero-order chi connectivity index (χ0) is 13.7. The summed E-state index contributed by atoms with van der Waals surface area (Å²) in [7, 11) is 1.87. The minimum Gasteiger partial charge on any atom is -0.478 e. The van der Waals surface area contributed by atoms with Gasteiger partial charge in [0.1, 0.15) is 12.1 Å². The predicted octanol–water partition coefficient (Wildman–Crippen LogP) is 3.02. The lowest BCUT2D eigenvalue weighted by Gasteiger charge is -2.10. The van der Waals surface area contributed by atoms with Gasteiger partial charge in [-0.15, -0.1) is 0 Å². The van der Waals surface area contributed by atoms with Gasteiger partial charge in [-0.05, 0) is 38.1 Å². The minimum atomic E-state index is 0.510. The van der Waals surface area contributed by atoms with Gasteiger partial charge >= 0.3 is 0 Å². The Morgan fingerprint density at radius 3 is 2.42 bits per heavy atom. The first-order valence-electron chi connectivity index (χ1n) is 6.14. The van der Waals surface area contributed by atoms with Crippen molar-refractivity contribution in [2.45, 2.75) is 13.8 Å². The molecular formula is C14H17N3O2. The maximum atomic E-state index is 5.74. The molecule has 0 unspecified atom stereocenters. The van der Waals surface area contributed by atoms with E-state index in [0.29, 0.717) is 18.4 Å². The molecule has 5 heteroatoms. The zero-order valence-electron chi connectivity index (χ0n) is 11.3. The van der Waals surface area contributed by atoms with Crippen molar-refractivity contribution in [2.24, 2.45) is 0 Å². The van der Waals surface area contributed by atoms with Crippen molar-refractivity contribution in [3.63, 3.8) is 0 Å². The molecule has 1 heterocycles. The Bertz CT molecular complexity index is 541. The standard InChI is InChI=1S/C14H17N3O2/c1-4-18-13-10(2)14(17-9-16-13)19-12-7-5-11(15-3)6-8-12/h5-9,15H,4H2,1-3H3. The van der Waals surface area contributed by atoms with E-state index in [-0.39, 0.29) is 0 Å². The molecule has 1 N–H and O–H groups in total. The van der Waals surface area contributed by atoms with Crippen LogP contribution in [0.4, 0.5) is 5.69 Å². The van der Waals surface area contributed by atoms with Gasteiger partial charge in [-0.3, -0.25) is 0 Å². The average molecular weight is 259 g/mol. The molecule has 100 valence electrons. The summed E-state index contributed by atoms with van der Waals surface area (Å²) in [6.07, 6.45) is 1.44. The number of anilines is 1. The van der Waals surface area contributed by atoms with Gasteiger partial charge in [0, 0.05) is 12.7 Å². The molecule has 0 radical (unpaired) electrons. The summed E-state index contributed by atoms with van der Waals surface area (Å²) in [6, 6.07) is 7.64. The summed E-state index contributed by atoms with van der Waals surface area (Å²) in [5.74, 6) is 1.79. The van der Waals surface area contributed by atoms with E-state index < -0.39 is 0 Å². The number of rotatable bonds is 5. The highest BCUT2D eigenvalue weighted by Gasteiger charge is 2.09. The molecule has 1 aromatic carbocycles. The number of hydrogen-bond acceptors (Lipinski definition) is 5. The predicted molar refractivity (Wildman–Crippen MR) is 74.0 cm³/mol. The summed E-state index contributed by atoms with van der Waals surface area (Å²) in [5, 5.41) is 3.05. The summed E-state index contributed by atoms with van der Waals surface area (Å²) in [6.45, 7) is 4.36. The number of ether oxygens (including phenoxy) is 2. The molecule has 0 spiro atoms. The molecule has 0 bridgehead atoms. The van der Waals surface area contributed by atoms with E-state index in [2.05, 4.69) is 15.3 Å². The van der Waals surface area contributed by atoms with E-state index in [1.54, 1.807) is 0 Å². The zero-order valence-corrected chi connectivity index (χ0v) is 11.3. The maximum Gasteiger partial charge on any atom is 0.229 e. The molecule has 0 aliphatic heterocycles. The summed E-state index contributed by atoms with van der Waals surface area (Å²) in [5.41, 5.74) is 1.82. The van der Waals surface area contributed by atoms with Crippen LogP contribution in [0.15, 0.2) is 30.6 Å². The normalized spacial score (nSPS) is 10.1. The monoisotopic (exact) mass is 259 g/mol. The van der Waals surface area contributed by atoms with Crippen LogP contribution in [-0.2, 0) is 0 Å². The van der Waals surface area contributed by atoms with Crippen LogP contribution in [0.5, 0.6) is 17.5 Å². The molecule has 2 aromatic rings. The first-order valence-corrected chi connectivity index (χ1v) is 6.14. The van der Waals surface area contributed by atoms with Gasteiger partial charge in [0.25, 0.3) is 0 Å². The quantitative estimate of drug-likeness (QED) is 0.894. The van der Waals surface area contributed by atoms with Crippen LogP contribution < -0.4 is 14.8 Å². The van der Waals surface area contributed by atoms with Gasteiger partial charge in [0.15, 0.2) is 0 Å². The topological polar surface area (TPSA) is 56.3 Å². The second-order valence-electron chi connectivity index (χ2n) is 3.92. The minimum absolute atomic E-state index is 0.510. The number of hydrogen-bond donors (Lipinski definition) is 1. The number of nitrogens with one attached hydrogen (secondary N) is 1. The third-order valence-electron chi connectivity index (χ3n) is 2.63. The molecule has 19 heavy (non-hydrogen) atoms. The van der Waals surface area contributed by atoms with E-state index in [4.69, 9.17) is 9.47 Å². The van der Waals surface area contributed by atoms with Crippen molar-refractivity contribution < 1.29 is 9.47 Å². The molecule has 0 aliphatic rings. The van der Waals surface area contributed by atoms with Crippen LogP contribution in [0, 0.1) is 6.92 Å². The van der Waals surface area contributed by atoms with Crippen LogP contribution in [0.3, 0.4) is 0 Å². The Morgan fingerprint density at radius 2 is 1.79 bits per heavy atom. The average Bonchev–Trinajstić information content (AvgIpc) is 2.44. The van der Waals surface area contributed by atoms with Crippen molar-refractivity contribution in [1.29, 1.82) is 0 Å². The van der Waals surface area contributed by atoms with Crippen molar-refractivity contribution in [3.8, 4) is 17.5 Å². The largest absolute Gasteiger partial charge is 0.478 e. The molecule has 2 rings (SSSR count). The lowest BCUT2D eigenvalue weighted by Crippen LogP contribution is -2.00. The summed E-state index contributed by atoms with van der Waals surface area (Å²) in [4.78, 5) is 8.20. The van der Waals surface area contributed by atoms with Gasteiger partial charge in [-0.1, -0.05) is 0 Å². The fraction of sp³-hybridized carbons (Fsp3) is 0.286. The Labute approximate surface area is 112 Å². The fourth-order valence-corrected chi connectivity index (χ4v) is 1.61. The number of nitrogens with zero attached hydrogens (tertiary/aromatic N) is 2. The van der Waals surface area contributed by atoms with E-state index >= 15 is 0 Å².